The van der Waals surface area contributed by atoms with Crippen LogP contribution in [0.3, 0.4) is 0 Å². The van der Waals surface area contributed by atoms with Crippen LogP contribution in [0.5, 0.6) is 0 Å². The lowest BCUT2D eigenvalue weighted by Gasteiger charge is -2.45. The van der Waals surface area contributed by atoms with Crippen molar-refractivity contribution in [2.45, 2.75) is 70.6 Å². The largest absolute Gasteiger partial charge is 0.418 e. The second-order valence-corrected chi connectivity index (χ2v) is 24.9. The van der Waals surface area contributed by atoms with Gasteiger partial charge in [0.2, 0.25) is 0 Å². The first kappa shape index (κ1) is 17.3. The average Bonchev–Trinajstić information content (AvgIpc) is 2.23. The van der Waals surface area contributed by atoms with E-state index in [9.17, 15) is 0 Å². The molecule has 4 nitrogen and oxygen atoms in total. The van der Waals surface area contributed by atoms with Crippen molar-refractivity contribution in [3.63, 3.8) is 0 Å². The maximum absolute atomic E-state index is 6.52. The highest BCUT2D eigenvalue weighted by atomic mass is 29.2. The summed E-state index contributed by atoms with van der Waals surface area (Å²) in [5, 5.41) is 0. The van der Waals surface area contributed by atoms with Gasteiger partial charge in [-0.05, 0) is 39.3 Å². The van der Waals surface area contributed by atoms with Gasteiger partial charge in [0, 0.05) is 0 Å². The van der Waals surface area contributed by atoms with E-state index in [1.54, 1.807) is 0 Å². The fraction of sp³-hybridized carbons (Fsp3) is 1.00. The normalized spacial score (nSPS) is 31.5. The van der Waals surface area contributed by atoms with Crippen LogP contribution >= 0.6 is 0 Å². The second kappa shape index (κ2) is 6.20. The highest BCUT2D eigenvalue weighted by molar-refractivity contribution is 7.20. The lowest BCUT2D eigenvalue weighted by Crippen LogP contribution is -2.64. The van der Waals surface area contributed by atoms with Crippen LogP contribution in [0.4, 0.5) is 0 Å². The quantitative estimate of drug-likeness (QED) is 0.668. The zero-order valence-corrected chi connectivity index (χ0v) is 18.7. The van der Waals surface area contributed by atoms with E-state index in [1.165, 1.54) is 31.4 Å². The number of rotatable bonds is 1. The van der Waals surface area contributed by atoms with E-state index in [4.69, 9.17) is 16.5 Å². The van der Waals surface area contributed by atoms with Gasteiger partial charge in [0.25, 0.3) is 0 Å². The molecule has 0 unspecified atom stereocenters. The van der Waals surface area contributed by atoms with E-state index in [0.29, 0.717) is 0 Å². The molecule has 0 atom stereocenters. The zero-order valence-electron chi connectivity index (χ0n) is 13.7. The van der Waals surface area contributed by atoms with E-state index in [0.717, 1.165) is 0 Å². The summed E-state index contributed by atoms with van der Waals surface area (Å²) in [5.41, 5.74) is 0. The van der Waals surface area contributed by atoms with E-state index < -0.39 is 42.8 Å². The Morgan fingerprint density at radius 2 is 1.10 bits per heavy atom. The molecule has 0 spiro atoms. The van der Waals surface area contributed by atoms with E-state index in [1.807, 2.05) is 0 Å². The van der Waals surface area contributed by atoms with Gasteiger partial charge in [0.05, 0.1) is 0 Å². The molecule has 20 heavy (non-hydrogen) atoms. The SMILES string of the molecule is C[Si]1(C)O[Si]([Si]2CCCCC2)O[Si](C)(C)O[Si](C)(C)O1. The lowest BCUT2D eigenvalue weighted by atomic mass is 10.3. The van der Waals surface area contributed by atoms with Gasteiger partial charge in [-0.2, -0.15) is 0 Å². The summed E-state index contributed by atoms with van der Waals surface area (Å²) >= 11 is 0. The van der Waals surface area contributed by atoms with Crippen molar-refractivity contribution < 1.29 is 16.5 Å². The summed E-state index contributed by atoms with van der Waals surface area (Å²) in [7, 11) is -8.00. The number of hydrogen-bond donors (Lipinski definition) is 0. The van der Waals surface area contributed by atoms with Crippen LogP contribution in [-0.2, 0) is 16.5 Å². The van der Waals surface area contributed by atoms with Gasteiger partial charge in [-0.3, -0.25) is 0 Å². The average molecular weight is 365 g/mol. The zero-order chi connectivity index (χ0) is 15.0. The monoisotopic (exact) mass is 364 g/mol. The molecule has 0 aromatic rings. The molecule has 0 aliphatic carbocycles. The van der Waals surface area contributed by atoms with Crippen LogP contribution in [0.1, 0.15) is 19.3 Å². The highest BCUT2D eigenvalue weighted by Crippen LogP contribution is 2.30. The van der Waals surface area contributed by atoms with Gasteiger partial charge in [-0.1, -0.05) is 31.4 Å². The molecule has 2 rings (SSSR count). The number of hydrogen-bond acceptors (Lipinski definition) is 4. The summed E-state index contributed by atoms with van der Waals surface area (Å²) in [5.74, 6) is 0. The maximum atomic E-state index is 6.52. The minimum absolute atomic E-state index is 0.483. The van der Waals surface area contributed by atoms with Crippen molar-refractivity contribution in [3.05, 3.63) is 0 Å². The molecule has 2 radical (unpaired) electrons. The Labute approximate surface area is 130 Å². The molecule has 0 amide bonds. The molecule has 2 heterocycles. The van der Waals surface area contributed by atoms with Crippen LogP contribution < -0.4 is 0 Å². The Bertz CT molecular complexity index is 322. The van der Waals surface area contributed by atoms with Crippen molar-refractivity contribution in [2.75, 3.05) is 0 Å². The van der Waals surface area contributed by atoms with Gasteiger partial charge in [-0.25, -0.2) is 0 Å². The van der Waals surface area contributed by atoms with E-state index >= 15 is 0 Å². The molecule has 2 aliphatic rings. The summed E-state index contributed by atoms with van der Waals surface area (Å²) in [4.78, 5) is 0. The van der Waals surface area contributed by atoms with Gasteiger partial charge in [0.15, 0.2) is 0 Å². The topological polar surface area (TPSA) is 36.9 Å². The predicted octanol–water partition coefficient (Wildman–Crippen LogP) is 3.42. The summed E-state index contributed by atoms with van der Waals surface area (Å²) in [6, 6.07) is 2.71. The van der Waals surface area contributed by atoms with Crippen molar-refractivity contribution in [1.29, 1.82) is 0 Å². The molecule has 0 aromatic heterocycles. The smallest absolute Gasteiger partial charge is 0.337 e. The Kier molecular flexibility index (Phi) is 5.36. The minimum atomic E-state index is -2.12. The molecule has 116 valence electrons. The third-order valence-corrected chi connectivity index (χ3v) is 24.2. The van der Waals surface area contributed by atoms with Crippen molar-refractivity contribution in [3.8, 4) is 0 Å². The molecule has 0 saturated carbocycles. The molecular formula is C11H28O4Si5. The Morgan fingerprint density at radius 1 is 0.650 bits per heavy atom. The van der Waals surface area contributed by atoms with Crippen LogP contribution in [0.2, 0.25) is 51.4 Å². The van der Waals surface area contributed by atoms with E-state index in [-0.39, 0.29) is 0 Å². The lowest BCUT2D eigenvalue weighted by molar-refractivity contribution is 0.256. The van der Waals surface area contributed by atoms with Gasteiger partial charge >= 0.3 is 34.5 Å². The van der Waals surface area contributed by atoms with Crippen LogP contribution in [0.25, 0.3) is 0 Å². The third kappa shape index (κ3) is 4.98. The molecule has 0 bridgehead atoms. The highest BCUT2D eigenvalue weighted by Gasteiger charge is 2.50. The fourth-order valence-corrected chi connectivity index (χ4v) is 30.7. The van der Waals surface area contributed by atoms with Crippen LogP contribution in [0, 0.1) is 0 Å². The predicted molar refractivity (Wildman–Crippen MR) is 91.8 cm³/mol. The molecule has 0 N–H and O–H groups in total. The molecule has 2 fully saturated rings. The molecule has 2 aliphatic heterocycles. The summed E-state index contributed by atoms with van der Waals surface area (Å²) < 4.78 is 25.7. The Balaban J connectivity index is 2.16. The Morgan fingerprint density at radius 3 is 1.55 bits per heavy atom. The van der Waals surface area contributed by atoms with Crippen molar-refractivity contribution in [2.24, 2.45) is 0 Å². The molecule has 9 heteroatoms. The first-order chi connectivity index (χ1) is 9.09. The molecule has 0 aromatic carbocycles. The van der Waals surface area contributed by atoms with Gasteiger partial charge in [-0.15, -0.1) is 0 Å². The van der Waals surface area contributed by atoms with E-state index in [2.05, 4.69) is 39.3 Å². The molecular weight excluding hydrogens is 337 g/mol. The van der Waals surface area contributed by atoms with Crippen molar-refractivity contribution in [1.82, 2.24) is 0 Å². The minimum Gasteiger partial charge on any atom is -0.418 e. The van der Waals surface area contributed by atoms with Gasteiger partial charge in [0.1, 0.15) is 8.31 Å². The maximum Gasteiger partial charge on any atom is 0.337 e. The first-order valence-corrected chi connectivity index (χ1v) is 20.3. The van der Waals surface area contributed by atoms with Crippen LogP contribution in [-0.4, -0.2) is 42.8 Å². The van der Waals surface area contributed by atoms with Gasteiger partial charge < -0.3 is 16.5 Å². The standard InChI is InChI=1S/C11H28O4Si5/c1-18(2)12-17(16-10-8-7-9-11-16)13-19(3,4)15-20(5,6)14-18/h7-11H2,1-6H3. The molecule has 2 saturated heterocycles. The second-order valence-electron chi connectivity index (χ2n) is 7.06. The Hall–Kier alpha value is 0.924. The van der Waals surface area contributed by atoms with Crippen molar-refractivity contribution >= 4 is 42.8 Å². The summed E-state index contributed by atoms with van der Waals surface area (Å²) in [6.45, 7) is 12.9. The van der Waals surface area contributed by atoms with Crippen LogP contribution in [0.15, 0.2) is 0 Å². The summed E-state index contributed by atoms with van der Waals surface area (Å²) in [6.07, 6.45) is 4.11. The fourth-order valence-electron chi connectivity index (χ4n) is 3.04. The first-order valence-electron chi connectivity index (χ1n) is 7.59. The third-order valence-electron chi connectivity index (χ3n) is 3.41.